The Kier molecular flexibility index (Phi) is 3.14. The number of fused-ring (bicyclic) bond motifs is 3. The second-order valence-corrected chi connectivity index (χ2v) is 7.00. The minimum Gasteiger partial charge on any atom is -0.497 e. The monoisotopic (exact) mass is 333 g/mol. The van der Waals surface area contributed by atoms with Crippen molar-refractivity contribution in [2.24, 2.45) is 0 Å². The van der Waals surface area contributed by atoms with Crippen LogP contribution in [0.2, 0.25) is 0 Å². The van der Waals surface area contributed by atoms with Gasteiger partial charge in [0.15, 0.2) is 5.78 Å². The fourth-order valence-electron chi connectivity index (χ4n) is 3.98. The number of carbonyl (C=O) groups is 1. The fraction of sp³-hybridized carbons (Fsp3) is 0.238. The van der Waals surface area contributed by atoms with Gasteiger partial charge in [-0.25, -0.2) is 4.39 Å². The molecule has 25 heavy (non-hydrogen) atoms. The zero-order valence-electron chi connectivity index (χ0n) is 14.2. The van der Waals surface area contributed by atoms with Gasteiger partial charge in [-0.3, -0.25) is 4.79 Å². The molecule has 0 unspecified atom stereocenters. The number of nitrogens with zero attached hydrogens (tertiary/aromatic N) is 1. The summed E-state index contributed by atoms with van der Waals surface area (Å²) in [6, 6.07) is 10.2. The molecule has 0 N–H and O–H groups in total. The van der Waals surface area contributed by atoms with E-state index in [2.05, 4.69) is 13.8 Å². The quantitative estimate of drug-likeness (QED) is 0.786. The number of benzene rings is 2. The lowest BCUT2D eigenvalue weighted by molar-refractivity contribution is 0.105. The lowest BCUT2D eigenvalue weighted by Gasteiger charge is -2.34. The average Bonchev–Trinajstić information content (AvgIpc) is 2.98. The second kappa shape index (κ2) is 5.03. The van der Waals surface area contributed by atoms with E-state index < -0.39 is 5.82 Å². The molecule has 0 saturated heterocycles. The average molecular weight is 333 g/mol. The van der Waals surface area contributed by atoms with Crippen molar-refractivity contribution in [3.8, 4) is 11.8 Å². The molecule has 0 fully saturated rings. The van der Waals surface area contributed by atoms with Gasteiger partial charge in [0.1, 0.15) is 17.6 Å². The van der Waals surface area contributed by atoms with Crippen LogP contribution in [0.25, 0.3) is 5.57 Å². The topological polar surface area (TPSA) is 50.1 Å². The highest BCUT2D eigenvalue weighted by Gasteiger charge is 2.43. The minimum atomic E-state index is -0.582. The van der Waals surface area contributed by atoms with Crippen LogP contribution in [0.3, 0.4) is 0 Å². The molecule has 4 rings (SSSR count). The summed E-state index contributed by atoms with van der Waals surface area (Å²) in [6.07, 6.45) is 0.551. The van der Waals surface area contributed by atoms with Crippen LogP contribution in [-0.2, 0) is 11.8 Å². The molecule has 0 aromatic heterocycles. The van der Waals surface area contributed by atoms with E-state index >= 15 is 0 Å². The van der Waals surface area contributed by atoms with Crippen LogP contribution in [-0.4, -0.2) is 12.9 Å². The van der Waals surface area contributed by atoms with Crippen molar-refractivity contribution >= 4 is 11.4 Å². The summed E-state index contributed by atoms with van der Waals surface area (Å²) in [7, 11) is 1.60. The Bertz CT molecular complexity index is 1020. The van der Waals surface area contributed by atoms with Crippen molar-refractivity contribution in [3.05, 3.63) is 69.5 Å². The van der Waals surface area contributed by atoms with Crippen molar-refractivity contribution in [1.29, 1.82) is 5.26 Å². The summed E-state index contributed by atoms with van der Waals surface area (Å²) in [6.45, 7) is 4.14. The number of halogens is 1. The van der Waals surface area contributed by atoms with Crippen molar-refractivity contribution in [2.75, 3.05) is 7.11 Å². The van der Waals surface area contributed by atoms with Crippen molar-refractivity contribution in [2.45, 2.75) is 25.7 Å². The molecule has 0 atom stereocenters. The van der Waals surface area contributed by atoms with E-state index in [-0.39, 0.29) is 16.8 Å². The summed E-state index contributed by atoms with van der Waals surface area (Å²) >= 11 is 0. The summed E-state index contributed by atoms with van der Waals surface area (Å²) in [4.78, 5) is 13.1. The molecule has 0 heterocycles. The van der Waals surface area contributed by atoms with Gasteiger partial charge in [-0.15, -0.1) is 0 Å². The lowest BCUT2D eigenvalue weighted by atomic mass is 9.68. The number of rotatable bonds is 1. The van der Waals surface area contributed by atoms with Crippen molar-refractivity contribution in [1.82, 2.24) is 0 Å². The second-order valence-electron chi connectivity index (χ2n) is 7.00. The van der Waals surface area contributed by atoms with E-state index in [0.29, 0.717) is 28.9 Å². The van der Waals surface area contributed by atoms with Crippen molar-refractivity contribution < 1.29 is 13.9 Å². The van der Waals surface area contributed by atoms with Crippen LogP contribution in [0.15, 0.2) is 35.9 Å². The van der Waals surface area contributed by atoms with E-state index in [0.717, 1.165) is 16.7 Å². The van der Waals surface area contributed by atoms with Crippen LogP contribution in [0.1, 0.15) is 46.5 Å². The smallest absolute Gasteiger partial charge is 0.193 e. The van der Waals surface area contributed by atoms with Crippen LogP contribution >= 0.6 is 0 Å². The van der Waals surface area contributed by atoms with Crippen LogP contribution in [0.4, 0.5) is 4.39 Å². The van der Waals surface area contributed by atoms with Gasteiger partial charge in [0, 0.05) is 16.6 Å². The summed E-state index contributed by atoms with van der Waals surface area (Å²) in [5.74, 6) is 0.0352. The molecule has 0 radical (unpaired) electrons. The molecule has 0 bridgehead atoms. The Morgan fingerprint density at radius 2 is 1.96 bits per heavy atom. The zero-order chi connectivity index (χ0) is 17.9. The molecule has 3 nitrogen and oxygen atoms in total. The number of methoxy groups -OCH3 is 1. The van der Waals surface area contributed by atoms with E-state index in [1.807, 2.05) is 12.1 Å². The molecular weight excluding hydrogens is 317 g/mol. The Hall–Kier alpha value is -2.93. The first-order chi connectivity index (χ1) is 11.9. The van der Waals surface area contributed by atoms with Crippen LogP contribution in [0.5, 0.6) is 5.75 Å². The number of nitriles is 1. The van der Waals surface area contributed by atoms with E-state index in [9.17, 15) is 9.18 Å². The Morgan fingerprint density at radius 1 is 1.20 bits per heavy atom. The molecule has 2 aliphatic carbocycles. The SMILES string of the molecule is COc1ccc2c(c1)C(C)(C)C1=C(C2=O)c2cc(F)c(C#N)cc2C1. The molecule has 124 valence electrons. The molecule has 4 heteroatoms. The largest absolute Gasteiger partial charge is 0.497 e. The first kappa shape index (κ1) is 15.6. The van der Waals surface area contributed by atoms with Gasteiger partial charge in [0.25, 0.3) is 0 Å². The number of Topliss-reactive ketones (excluding diaryl/α,β-unsaturated/α-hetero) is 1. The molecular formula is C21H16FNO2. The van der Waals surface area contributed by atoms with E-state index in [1.165, 1.54) is 6.07 Å². The number of allylic oxidation sites excluding steroid dienone is 2. The van der Waals surface area contributed by atoms with E-state index in [4.69, 9.17) is 10.00 Å². The third kappa shape index (κ3) is 1.99. The third-order valence-electron chi connectivity index (χ3n) is 5.38. The van der Waals surface area contributed by atoms with Gasteiger partial charge in [-0.2, -0.15) is 5.26 Å². The fourth-order valence-corrected chi connectivity index (χ4v) is 3.98. The maximum Gasteiger partial charge on any atom is 0.193 e. The van der Waals surface area contributed by atoms with Gasteiger partial charge >= 0.3 is 0 Å². The summed E-state index contributed by atoms with van der Waals surface area (Å²) < 4.78 is 19.5. The highest BCUT2D eigenvalue weighted by atomic mass is 19.1. The standard InChI is InChI=1S/C21H16FNO2/c1-21(2)16-8-13(25-3)4-5-14(16)20(24)19-15-9-18(22)12(10-23)6-11(15)7-17(19)21/h4-6,8-9H,7H2,1-3H3. The van der Waals surface area contributed by atoms with Gasteiger partial charge in [0.05, 0.1) is 12.7 Å². The van der Waals surface area contributed by atoms with Gasteiger partial charge in [0.2, 0.25) is 0 Å². The van der Waals surface area contributed by atoms with E-state index in [1.54, 1.807) is 25.3 Å². The molecule has 0 amide bonds. The first-order valence-corrected chi connectivity index (χ1v) is 8.08. The first-order valence-electron chi connectivity index (χ1n) is 8.08. The number of ketones is 1. The number of hydrogen-bond donors (Lipinski definition) is 0. The number of ether oxygens (including phenoxy) is 1. The third-order valence-corrected chi connectivity index (χ3v) is 5.38. The van der Waals surface area contributed by atoms with Gasteiger partial charge < -0.3 is 4.74 Å². The molecule has 2 aromatic rings. The predicted molar refractivity (Wildman–Crippen MR) is 92.1 cm³/mol. The highest BCUT2D eigenvalue weighted by molar-refractivity contribution is 6.33. The Labute approximate surface area is 145 Å². The Morgan fingerprint density at radius 3 is 2.64 bits per heavy atom. The summed E-state index contributed by atoms with van der Waals surface area (Å²) in [5.41, 5.74) is 4.20. The zero-order valence-corrected chi connectivity index (χ0v) is 14.2. The maximum absolute atomic E-state index is 14.1. The molecule has 0 saturated carbocycles. The Balaban J connectivity index is 1.96. The molecule has 0 aliphatic heterocycles. The van der Waals surface area contributed by atoms with Gasteiger partial charge in [-0.1, -0.05) is 13.8 Å². The predicted octanol–water partition coefficient (Wildman–Crippen LogP) is 4.19. The normalized spacial score (nSPS) is 16.8. The highest BCUT2D eigenvalue weighted by Crippen LogP contribution is 2.50. The van der Waals surface area contributed by atoms with Gasteiger partial charge in [-0.05, 0) is 59.0 Å². The van der Waals surface area contributed by atoms with Crippen molar-refractivity contribution in [3.63, 3.8) is 0 Å². The maximum atomic E-state index is 14.1. The van der Waals surface area contributed by atoms with Crippen LogP contribution < -0.4 is 4.74 Å². The molecule has 2 aromatic carbocycles. The molecule has 2 aliphatic rings. The summed E-state index contributed by atoms with van der Waals surface area (Å²) in [5, 5.41) is 9.08. The number of carbonyl (C=O) groups excluding carboxylic acids is 1. The lowest BCUT2D eigenvalue weighted by Crippen LogP contribution is -2.29. The van der Waals surface area contributed by atoms with Crippen LogP contribution in [0, 0.1) is 17.1 Å². The molecule has 0 spiro atoms. The minimum absolute atomic E-state index is 0.0167. The number of hydrogen-bond acceptors (Lipinski definition) is 3.